The van der Waals surface area contributed by atoms with E-state index in [1.807, 2.05) is 11.8 Å². The number of amides is 1. The molecular weight excluding hydrogens is 194 g/mol. The summed E-state index contributed by atoms with van der Waals surface area (Å²) in [6.07, 6.45) is 3.11. The Morgan fingerprint density at radius 2 is 2.27 bits per heavy atom. The molecule has 0 aliphatic carbocycles. The van der Waals surface area contributed by atoms with E-state index in [-0.39, 0.29) is 11.9 Å². The molecule has 6 nitrogen and oxygen atoms in total. The topological polar surface area (TPSA) is 84.1 Å². The van der Waals surface area contributed by atoms with E-state index in [9.17, 15) is 4.79 Å². The molecular formula is C9H13N5O. The molecule has 1 fully saturated rings. The van der Waals surface area contributed by atoms with Crippen molar-refractivity contribution < 1.29 is 4.79 Å². The summed E-state index contributed by atoms with van der Waals surface area (Å²) in [5.74, 6) is 0.935. The van der Waals surface area contributed by atoms with Crippen molar-refractivity contribution in [2.75, 3.05) is 23.7 Å². The highest BCUT2D eigenvalue weighted by Gasteiger charge is 2.27. The zero-order valence-electron chi connectivity index (χ0n) is 8.47. The quantitative estimate of drug-likeness (QED) is 0.641. The fourth-order valence-electron chi connectivity index (χ4n) is 1.63. The van der Waals surface area contributed by atoms with Crippen molar-refractivity contribution in [3.8, 4) is 0 Å². The average molecular weight is 207 g/mol. The Kier molecular flexibility index (Phi) is 2.40. The number of carbonyl (C=O) groups is 1. The maximum absolute atomic E-state index is 11.4. The minimum absolute atomic E-state index is 0.00805. The first-order valence-corrected chi connectivity index (χ1v) is 4.81. The molecule has 0 aromatic carbocycles. The van der Waals surface area contributed by atoms with Crippen LogP contribution in [0.1, 0.15) is 6.92 Å². The number of hydrogen-bond donors (Lipinski definition) is 2. The van der Waals surface area contributed by atoms with Crippen molar-refractivity contribution in [1.82, 2.24) is 15.3 Å². The predicted molar refractivity (Wildman–Crippen MR) is 56.3 cm³/mol. The van der Waals surface area contributed by atoms with Crippen molar-refractivity contribution >= 4 is 17.5 Å². The maximum Gasteiger partial charge on any atom is 0.242 e. The Morgan fingerprint density at radius 1 is 1.53 bits per heavy atom. The lowest BCUT2D eigenvalue weighted by Crippen LogP contribution is -2.54. The van der Waals surface area contributed by atoms with Crippen LogP contribution in [0, 0.1) is 0 Å². The Hall–Kier alpha value is -1.85. The lowest BCUT2D eigenvalue weighted by molar-refractivity contribution is -0.122. The summed E-state index contributed by atoms with van der Waals surface area (Å²) < 4.78 is 0. The van der Waals surface area contributed by atoms with Crippen LogP contribution in [-0.2, 0) is 4.79 Å². The second-order valence-corrected chi connectivity index (χ2v) is 3.43. The molecule has 80 valence electrons. The summed E-state index contributed by atoms with van der Waals surface area (Å²) in [7, 11) is 0. The zero-order valence-corrected chi connectivity index (χ0v) is 8.47. The molecule has 1 saturated heterocycles. The van der Waals surface area contributed by atoms with Gasteiger partial charge in [-0.05, 0) is 6.92 Å². The highest BCUT2D eigenvalue weighted by atomic mass is 16.2. The molecule has 2 heterocycles. The van der Waals surface area contributed by atoms with Gasteiger partial charge < -0.3 is 16.0 Å². The summed E-state index contributed by atoms with van der Waals surface area (Å²) >= 11 is 0. The van der Waals surface area contributed by atoms with E-state index in [2.05, 4.69) is 15.3 Å². The molecule has 1 aromatic rings. The Bertz CT molecular complexity index is 381. The van der Waals surface area contributed by atoms with Gasteiger partial charge in [0.15, 0.2) is 11.6 Å². The fourth-order valence-corrected chi connectivity index (χ4v) is 1.63. The number of rotatable bonds is 1. The first-order valence-electron chi connectivity index (χ1n) is 4.81. The van der Waals surface area contributed by atoms with Crippen molar-refractivity contribution in [1.29, 1.82) is 0 Å². The molecule has 2 rings (SSSR count). The molecule has 1 amide bonds. The van der Waals surface area contributed by atoms with Gasteiger partial charge >= 0.3 is 0 Å². The molecule has 0 bridgehead atoms. The number of anilines is 2. The third-order valence-electron chi connectivity index (χ3n) is 2.48. The summed E-state index contributed by atoms with van der Waals surface area (Å²) in [6.45, 7) is 3.14. The van der Waals surface area contributed by atoms with Crippen LogP contribution in [0.3, 0.4) is 0 Å². The summed E-state index contributed by atoms with van der Waals surface area (Å²) in [4.78, 5) is 21.4. The van der Waals surface area contributed by atoms with Crippen LogP contribution >= 0.6 is 0 Å². The molecule has 1 aromatic heterocycles. The second-order valence-electron chi connectivity index (χ2n) is 3.43. The highest BCUT2D eigenvalue weighted by Crippen LogP contribution is 2.20. The summed E-state index contributed by atoms with van der Waals surface area (Å²) in [5.41, 5.74) is 5.71. The summed E-state index contributed by atoms with van der Waals surface area (Å²) in [5, 5.41) is 2.78. The van der Waals surface area contributed by atoms with Gasteiger partial charge in [-0.2, -0.15) is 0 Å². The smallest absolute Gasteiger partial charge is 0.242 e. The normalized spacial score (nSPS) is 21.3. The maximum atomic E-state index is 11.4. The Morgan fingerprint density at radius 3 is 3.00 bits per heavy atom. The number of hydrogen-bond acceptors (Lipinski definition) is 5. The largest absolute Gasteiger partial charge is 0.381 e. The molecule has 0 radical (unpaired) electrons. The van der Waals surface area contributed by atoms with Gasteiger partial charge in [-0.15, -0.1) is 0 Å². The number of nitrogens with zero attached hydrogens (tertiary/aromatic N) is 3. The van der Waals surface area contributed by atoms with Crippen LogP contribution in [0.25, 0.3) is 0 Å². The van der Waals surface area contributed by atoms with Crippen molar-refractivity contribution in [2.45, 2.75) is 13.0 Å². The Labute approximate surface area is 87.5 Å². The lowest BCUT2D eigenvalue weighted by atomic mass is 10.2. The van der Waals surface area contributed by atoms with E-state index in [4.69, 9.17) is 5.73 Å². The molecule has 15 heavy (non-hydrogen) atoms. The summed E-state index contributed by atoms with van der Waals surface area (Å²) in [6, 6.07) is -0.252. The van der Waals surface area contributed by atoms with Crippen LogP contribution in [0.2, 0.25) is 0 Å². The number of aromatic nitrogens is 2. The van der Waals surface area contributed by atoms with Gasteiger partial charge in [0.25, 0.3) is 0 Å². The van der Waals surface area contributed by atoms with Gasteiger partial charge in [-0.3, -0.25) is 4.79 Å². The number of nitrogens with one attached hydrogen (secondary N) is 1. The predicted octanol–water partition coefficient (Wildman–Crippen LogP) is -0.617. The molecule has 6 heteroatoms. The Balaban J connectivity index is 2.30. The molecule has 1 atom stereocenters. The van der Waals surface area contributed by atoms with Gasteiger partial charge in [0.05, 0.1) is 0 Å². The minimum Gasteiger partial charge on any atom is -0.381 e. The number of nitrogens with two attached hydrogens (primary N) is 1. The SMILES string of the molecule is CC1C(=O)NCCN1c1nccnc1N. The van der Waals surface area contributed by atoms with Crippen molar-refractivity contribution in [3.63, 3.8) is 0 Å². The third kappa shape index (κ3) is 1.70. The molecule has 3 N–H and O–H groups in total. The fraction of sp³-hybridized carbons (Fsp3) is 0.444. The van der Waals surface area contributed by atoms with Gasteiger partial charge in [-0.1, -0.05) is 0 Å². The highest BCUT2D eigenvalue weighted by molar-refractivity contribution is 5.86. The average Bonchev–Trinajstić information content (AvgIpc) is 2.23. The molecule has 1 unspecified atom stereocenters. The van der Waals surface area contributed by atoms with E-state index >= 15 is 0 Å². The first kappa shape index (κ1) is 9.70. The monoisotopic (exact) mass is 207 g/mol. The van der Waals surface area contributed by atoms with Crippen LogP contribution in [0.15, 0.2) is 12.4 Å². The van der Waals surface area contributed by atoms with Gasteiger partial charge in [0, 0.05) is 25.5 Å². The third-order valence-corrected chi connectivity index (χ3v) is 2.48. The van der Waals surface area contributed by atoms with E-state index in [0.717, 1.165) is 0 Å². The number of piperazine rings is 1. The van der Waals surface area contributed by atoms with E-state index < -0.39 is 0 Å². The van der Waals surface area contributed by atoms with E-state index in [1.54, 1.807) is 6.20 Å². The lowest BCUT2D eigenvalue weighted by Gasteiger charge is -2.33. The van der Waals surface area contributed by atoms with Crippen molar-refractivity contribution in [3.05, 3.63) is 12.4 Å². The molecule has 1 aliphatic rings. The van der Waals surface area contributed by atoms with E-state index in [0.29, 0.717) is 24.7 Å². The van der Waals surface area contributed by atoms with Gasteiger partial charge in [0.1, 0.15) is 6.04 Å². The van der Waals surface area contributed by atoms with Crippen LogP contribution < -0.4 is 16.0 Å². The molecule has 1 aliphatic heterocycles. The van der Waals surface area contributed by atoms with Crippen LogP contribution in [0.4, 0.5) is 11.6 Å². The van der Waals surface area contributed by atoms with Gasteiger partial charge in [0.2, 0.25) is 5.91 Å². The van der Waals surface area contributed by atoms with Crippen LogP contribution in [-0.4, -0.2) is 35.0 Å². The second kappa shape index (κ2) is 3.72. The molecule has 0 spiro atoms. The minimum atomic E-state index is -0.252. The number of carbonyl (C=O) groups excluding carboxylic acids is 1. The first-order chi connectivity index (χ1) is 7.20. The van der Waals surface area contributed by atoms with E-state index in [1.165, 1.54) is 6.20 Å². The van der Waals surface area contributed by atoms with Crippen LogP contribution in [0.5, 0.6) is 0 Å². The molecule has 0 saturated carbocycles. The van der Waals surface area contributed by atoms with Crippen molar-refractivity contribution in [2.24, 2.45) is 0 Å². The zero-order chi connectivity index (χ0) is 10.8. The number of nitrogen functional groups attached to an aromatic ring is 1. The standard InChI is InChI=1S/C9H13N5O/c1-6-9(15)13-4-5-14(6)8-7(10)11-2-3-12-8/h2-3,6H,4-5H2,1H3,(H2,10,11)(H,13,15). The van der Waals surface area contributed by atoms with Gasteiger partial charge in [-0.25, -0.2) is 9.97 Å².